The van der Waals surface area contributed by atoms with E-state index in [9.17, 15) is 5.11 Å². The van der Waals surface area contributed by atoms with Crippen molar-refractivity contribution in [3.63, 3.8) is 0 Å². The van der Waals surface area contributed by atoms with Gasteiger partial charge in [0.2, 0.25) is 0 Å². The minimum absolute atomic E-state index is 0.324. The molecule has 0 aliphatic carbocycles. The molecule has 0 aliphatic rings. The fraction of sp³-hybridized carbons (Fsp3) is 0.222. The topological polar surface area (TPSA) is 25.2 Å². The minimum Gasteiger partial charge on any atom is -0.391 e. The lowest BCUT2D eigenvalue weighted by Gasteiger charge is -2.14. The van der Waals surface area contributed by atoms with E-state index in [1.807, 2.05) is 31.2 Å². The van der Waals surface area contributed by atoms with Crippen LogP contribution in [0.25, 0.3) is 22.2 Å². The molecule has 0 saturated carbocycles. The van der Waals surface area contributed by atoms with Crippen molar-refractivity contribution in [2.45, 2.75) is 26.0 Å². The van der Waals surface area contributed by atoms with Gasteiger partial charge >= 0.3 is 0 Å². The first-order valence-corrected chi connectivity index (χ1v) is 8.00. The Morgan fingerprint density at radius 2 is 1.81 bits per heavy atom. The number of fused-ring (bicyclic) bond motifs is 1. The lowest BCUT2D eigenvalue weighted by Crippen LogP contribution is -2.15. The van der Waals surface area contributed by atoms with Crippen LogP contribution in [0.15, 0.2) is 59.1 Å². The Morgan fingerprint density at radius 3 is 2.52 bits per heavy atom. The molecule has 0 saturated heterocycles. The zero-order chi connectivity index (χ0) is 14.8. The lowest BCUT2D eigenvalue weighted by atomic mass is 10.1. The molecule has 0 amide bonds. The van der Waals surface area contributed by atoms with Crippen molar-refractivity contribution in [1.82, 2.24) is 4.57 Å². The molecular weight excluding hydrogens is 326 g/mol. The number of rotatable bonds is 4. The molecule has 1 heterocycles. The highest BCUT2D eigenvalue weighted by molar-refractivity contribution is 9.10. The Labute approximate surface area is 133 Å². The first-order chi connectivity index (χ1) is 10.2. The van der Waals surface area contributed by atoms with Gasteiger partial charge in [0.25, 0.3) is 0 Å². The summed E-state index contributed by atoms with van der Waals surface area (Å²) in [5, 5.41) is 11.3. The van der Waals surface area contributed by atoms with Crippen molar-refractivity contribution < 1.29 is 5.11 Å². The zero-order valence-corrected chi connectivity index (χ0v) is 13.5. The van der Waals surface area contributed by atoms with Crippen LogP contribution in [0.5, 0.6) is 0 Å². The van der Waals surface area contributed by atoms with Crippen molar-refractivity contribution in [2.75, 3.05) is 0 Å². The van der Waals surface area contributed by atoms with Crippen LogP contribution in [0, 0.1) is 0 Å². The number of halogens is 1. The van der Waals surface area contributed by atoms with Crippen LogP contribution in [0.3, 0.4) is 0 Å². The number of aliphatic hydroxyl groups is 1. The first-order valence-electron chi connectivity index (χ1n) is 7.21. The third-order valence-electron chi connectivity index (χ3n) is 3.82. The number of hydrogen-bond donors (Lipinski definition) is 1. The number of aliphatic hydroxyl groups excluding tert-OH is 1. The van der Waals surface area contributed by atoms with Crippen LogP contribution in [-0.2, 0) is 6.54 Å². The zero-order valence-electron chi connectivity index (χ0n) is 12.0. The molecule has 0 spiro atoms. The van der Waals surface area contributed by atoms with Crippen molar-refractivity contribution in [1.29, 1.82) is 0 Å². The molecule has 0 bridgehead atoms. The van der Waals surface area contributed by atoms with Gasteiger partial charge in [-0.2, -0.15) is 0 Å². The number of benzene rings is 2. The molecule has 0 fully saturated rings. The molecule has 21 heavy (non-hydrogen) atoms. The van der Waals surface area contributed by atoms with Gasteiger partial charge in [0.05, 0.1) is 6.10 Å². The van der Waals surface area contributed by atoms with Gasteiger partial charge in [-0.25, -0.2) is 0 Å². The Kier molecular flexibility index (Phi) is 4.13. The van der Waals surface area contributed by atoms with E-state index in [0.717, 1.165) is 22.2 Å². The summed E-state index contributed by atoms with van der Waals surface area (Å²) in [5.74, 6) is 0. The highest BCUT2D eigenvalue weighted by atomic mass is 79.9. The van der Waals surface area contributed by atoms with E-state index in [2.05, 4.69) is 50.8 Å². The molecule has 1 N–H and O–H groups in total. The van der Waals surface area contributed by atoms with E-state index < -0.39 is 0 Å². The van der Waals surface area contributed by atoms with Crippen LogP contribution >= 0.6 is 15.9 Å². The summed E-state index contributed by atoms with van der Waals surface area (Å²) < 4.78 is 3.29. The summed E-state index contributed by atoms with van der Waals surface area (Å²) in [6.45, 7) is 2.63. The van der Waals surface area contributed by atoms with E-state index in [4.69, 9.17) is 0 Å². The number of nitrogens with zero attached hydrogens (tertiary/aromatic N) is 1. The van der Waals surface area contributed by atoms with Crippen LogP contribution in [-0.4, -0.2) is 15.8 Å². The number of para-hydroxylation sites is 1. The summed E-state index contributed by atoms with van der Waals surface area (Å²) in [7, 11) is 0. The SMILES string of the molecule is CCC(O)Cn1c(-c2ccc(Br)cc2)cc2ccccc21. The highest BCUT2D eigenvalue weighted by Gasteiger charge is 2.13. The van der Waals surface area contributed by atoms with Crippen LogP contribution in [0.2, 0.25) is 0 Å². The maximum atomic E-state index is 10.1. The lowest BCUT2D eigenvalue weighted by molar-refractivity contribution is 0.152. The maximum absolute atomic E-state index is 10.1. The summed E-state index contributed by atoms with van der Waals surface area (Å²) >= 11 is 3.48. The largest absolute Gasteiger partial charge is 0.391 e. The van der Waals surface area contributed by atoms with Crippen molar-refractivity contribution in [2.24, 2.45) is 0 Å². The second-order valence-corrected chi connectivity index (χ2v) is 6.18. The quantitative estimate of drug-likeness (QED) is 0.720. The summed E-state index contributed by atoms with van der Waals surface area (Å²) in [5.41, 5.74) is 3.48. The molecule has 0 aliphatic heterocycles. The standard InChI is InChI=1S/C18H18BrNO/c1-2-16(21)12-20-17-6-4-3-5-14(17)11-18(20)13-7-9-15(19)10-8-13/h3-11,16,21H,2,12H2,1H3. The maximum Gasteiger partial charge on any atom is 0.0716 e. The monoisotopic (exact) mass is 343 g/mol. The van der Waals surface area contributed by atoms with Gasteiger partial charge in [0, 0.05) is 27.6 Å². The molecule has 2 aromatic carbocycles. The molecule has 2 nitrogen and oxygen atoms in total. The van der Waals surface area contributed by atoms with E-state index in [1.54, 1.807) is 0 Å². The van der Waals surface area contributed by atoms with Gasteiger partial charge in [0.15, 0.2) is 0 Å². The summed E-state index contributed by atoms with van der Waals surface area (Å²) in [4.78, 5) is 0. The minimum atomic E-state index is -0.324. The molecule has 1 aromatic heterocycles. The fourth-order valence-corrected chi connectivity index (χ4v) is 2.87. The van der Waals surface area contributed by atoms with Gasteiger partial charge < -0.3 is 9.67 Å². The third kappa shape index (κ3) is 2.89. The van der Waals surface area contributed by atoms with Crippen LogP contribution < -0.4 is 0 Å². The first kappa shape index (κ1) is 14.4. The predicted molar refractivity (Wildman–Crippen MR) is 91.4 cm³/mol. The average Bonchev–Trinajstić information content (AvgIpc) is 2.87. The predicted octanol–water partition coefficient (Wildman–Crippen LogP) is 4.84. The van der Waals surface area contributed by atoms with Gasteiger partial charge in [-0.05, 0) is 36.2 Å². The number of hydrogen-bond acceptors (Lipinski definition) is 1. The molecule has 3 heteroatoms. The van der Waals surface area contributed by atoms with E-state index >= 15 is 0 Å². The Bertz CT molecular complexity index is 746. The van der Waals surface area contributed by atoms with E-state index in [0.29, 0.717) is 6.54 Å². The fourth-order valence-electron chi connectivity index (χ4n) is 2.61. The smallest absolute Gasteiger partial charge is 0.0716 e. The van der Waals surface area contributed by atoms with Crippen molar-refractivity contribution in [3.05, 3.63) is 59.1 Å². The summed E-state index contributed by atoms with van der Waals surface area (Å²) in [6, 6.07) is 18.8. The van der Waals surface area contributed by atoms with Crippen LogP contribution in [0.4, 0.5) is 0 Å². The molecular formula is C18H18BrNO. The molecule has 1 unspecified atom stereocenters. The molecule has 1 atom stereocenters. The molecule has 3 aromatic rings. The molecule has 108 valence electrons. The van der Waals surface area contributed by atoms with Gasteiger partial charge in [-0.15, -0.1) is 0 Å². The van der Waals surface area contributed by atoms with Gasteiger partial charge in [-0.1, -0.05) is 53.2 Å². The van der Waals surface area contributed by atoms with Crippen molar-refractivity contribution >= 4 is 26.8 Å². The Hall–Kier alpha value is -1.58. The summed E-state index contributed by atoms with van der Waals surface area (Å²) in [6.07, 6.45) is 0.432. The van der Waals surface area contributed by atoms with Gasteiger partial charge in [0.1, 0.15) is 0 Å². The second kappa shape index (κ2) is 6.04. The Balaban J connectivity index is 2.16. The van der Waals surface area contributed by atoms with E-state index in [1.165, 1.54) is 10.9 Å². The molecule has 3 rings (SSSR count). The average molecular weight is 344 g/mol. The second-order valence-electron chi connectivity index (χ2n) is 5.27. The van der Waals surface area contributed by atoms with Gasteiger partial charge in [-0.3, -0.25) is 0 Å². The highest BCUT2D eigenvalue weighted by Crippen LogP contribution is 2.29. The Morgan fingerprint density at radius 1 is 1.10 bits per heavy atom. The molecule has 0 radical (unpaired) electrons. The normalized spacial score (nSPS) is 12.7. The number of aromatic nitrogens is 1. The van der Waals surface area contributed by atoms with Crippen molar-refractivity contribution in [3.8, 4) is 11.3 Å². The third-order valence-corrected chi connectivity index (χ3v) is 4.34. The van der Waals surface area contributed by atoms with E-state index in [-0.39, 0.29) is 6.10 Å². The van der Waals surface area contributed by atoms with Crippen LogP contribution in [0.1, 0.15) is 13.3 Å².